The first-order valence-corrected chi connectivity index (χ1v) is 13.3. The highest BCUT2D eigenvalue weighted by molar-refractivity contribution is 6.04. The molecule has 0 spiro atoms. The highest BCUT2D eigenvalue weighted by Gasteiger charge is 2.83. The van der Waals surface area contributed by atoms with Crippen LogP contribution in [0.1, 0.15) is 52.5 Å². The number of esters is 1. The SMILES string of the molecule is CC1=C[C@H]2[C@@]3(O)[C@H](C)C[C@]4(OC(=O)[C@@H](N)CCc5ccccc5)[C@H]([C@@H]3C=C(CO)C[C@]2(O)C1=O)C4(C)C. The zero-order chi connectivity index (χ0) is 27.0. The van der Waals surface area contributed by atoms with Gasteiger partial charge in [-0.2, -0.15) is 0 Å². The molecule has 1 aromatic carbocycles. The first kappa shape index (κ1) is 26.3. The van der Waals surface area contributed by atoms with Crippen molar-refractivity contribution in [2.75, 3.05) is 6.61 Å². The molecule has 4 aliphatic carbocycles. The maximum Gasteiger partial charge on any atom is 0.323 e. The topological polar surface area (TPSA) is 130 Å². The molecule has 0 bridgehead atoms. The molecule has 2 fully saturated rings. The van der Waals surface area contributed by atoms with Gasteiger partial charge in [0.05, 0.1) is 12.2 Å². The fourth-order valence-corrected chi connectivity index (χ4v) is 7.94. The van der Waals surface area contributed by atoms with Crippen LogP contribution in [0.15, 0.2) is 53.6 Å². The van der Waals surface area contributed by atoms with E-state index in [0.717, 1.165) is 5.56 Å². The van der Waals surface area contributed by atoms with Crippen LogP contribution >= 0.6 is 0 Å². The normalized spacial score (nSPS) is 40.4. The molecule has 0 heterocycles. The minimum atomic E-state index is -1.80. The van der Waals surface area contributed by atoms with E-state index in [1.54, 1.807) is 13.0 Å². The van der Waals surface area contributed by atoms with Crippen LogP contribution < -0.4 is 5.73 Å². The van der Waals surface area contributed by atoms with E-state index in [0.29, 0.717) is 30.4 Å². The molecule has 5 rings (SSSR count). The molecule has 0 amide bonds. The standard InChI is InChI=1S/C30H39NO6/c1-17-12-23-28(35,25(17)33)15-20(16-32)13-21-24-27(3,4)29(24,14-18(2)30(21,23)36)37-26(34)22(31)11-10-19-8-6-5-7-9-19/h5-9,12-13,18,21-24,32,35-36H,10-11,14-16,31H2,1-4H3/t18-,21+,22+,23-,24-,28-,29+,30-/m1/s1. The fourth-order valence-electron chi connectivity index (χ4n) is 7.94. The molecule has 37 heavy (non-hydrogen) atoms. The largest absolute Gasteiger partial charge is 0.457 e. The summed E-state index contributed by atoms with van der Waals surface area (Å²) in [4.78, 5) is 26.3. The Hall–Kier alpha value is -2.32. The maximum absolute atomic E-state index is 13.2. The summed E-state index contributed by atoms with van der Waals surface area (Å²) in [5, 5.41) is 34.1. The number of hydrogen-bond acceptors (Lipinski definition) is 7. The van der Waals surface area contributed by atoms with Gasteiger partial charge in [-0.3, -0.25) is 9.59 Å². The molecule has 4 aliphatic rings. The Morgan fingerprint density at radius 3 is 2.51 bits per heavy atom. The van der Waals surface area contributed by atoms with Crippen molar-refractivity contribution in [1.82, 2.24) is 0 Å². The molecule has 2 saturated carbocycles. The zero-order valence-electron chi connectivity index (χ0n) is 22.1. The number of hydrogen-bond donors (Lipinski definition) is 4. The number of ether oxygens (including phenoxy) is 1. The van der Waals surface area contributed by atoms with E-state index in [-0.39, 0.29) is 18.9 Å². The van der Waals surface area contributed by atoms with Gasteiger partial charge >= 0.3 is 5.97 Å². The van der Waals surface area contributed by atoms with Crippen LogP contribution in [0, 0.1) is 29.1 Å². The summed E-state index contributed by atoms with van der Waals surface area (Å²) in [6.45, 7) is 7.29. The second-order valence-electron chi connectivity index (χ2n) is 12.4. The van der Waals surface area contributed by atoms with Crippen molar-refractivity contribution in [2.24, 2.45) is 34.8 Å². The Labute approximate surface area is 218 Å². The lowest BCUT2D eigenvalue weighted by atomic mass is 9.60. The summed E-state index contributed by atoms with van der Waals surface area (Å²) in [7, 11) is 0. The molecule has 8 atom stereocenters. The van der Waals surface area contributed by atoms with Crippen LogP contribution in [0.25, 0.3) is 0 Å². The molecule has 7 nitrogen and oxygen atoms in total. The summed E-state index contributed by atoms with van der Waals surface area (Å²) in [6, 6.07) is 9.09. The van der Waals surface area contributed by atoms with Crippen LogP contribution in [-0.4, -0.2) is 56.5 Å². The maximum atomic E-state index is 13.2. The molecule has 200 valence electrons. The molecule has 7 heteroatoms. The van der Waals surface area contributed by atoms with E-state index in [4.69, 9.17) is 10.5 Å². The van der Waals surface area contributed by atoms with Crippen molar-refractivity contribution in [1.29, 1.82) is 0 Å². The van der Waals surface area contributed by atoms with E-state index >= 15 is 0 Å². The van der Waals surface area contributed by atoms with Gasteiger partial charge in [0.25, 0.3) is 0 Å². The molecule has 5 N–H and O–H groups in total. The number of Topliss-reactive ketones (excluding diaryl/α,β-unsaturated/α-hetero) is 1. The number of aliphatic hydroxyl groups excluding tert-OH is 1. The first-order valence-electron chi connectivity index (χ1n) is 13.3. The van der Waals surface area contributed by atoms with Crippen molar-refractivity contribution in [2.45, 2.75) is 76.2 Å². The number of carbonyl (C=O) groups excluding carboxylic acids is 2. The van der Waals surface area contributed by atoms with Gasteiger partial charge in [-0.05, 0) is 48.8 Å². The van der Waals surface area contributed by atoms with Crippen LogP contribution in [0.3, 0.4) is 0 Å². The Bertz CT molecular complexity index is 1170. The lowest BCUT2D eigenvalue weighted by molar-refractivity contribution is -0.187. The van der Waals surface area contributed by atoms with Crippen LogP contribution in [0.5, 0.6) is 0 Å². The van der Waals surface area contributed by atoms with Crippen molar-refractivity contribution in [3.05, 3.63) is 59.2 Å². The summed E-state index contributed by atoms with van der Waals surface area (Å²) in [6.07, 6.45) is 5.02. The quantitative estimate of drug-likeness (QED) is 0.342. The van der Waals surface area contributed by atoms with Gasteiger partial charge in [-0.25, -0.2) is 0 Å². The van der Waals surface area contributed by atoms with E-state index in [1.165, 1.54) is 0 Å². The Kier molecular flexibility index (Phi) is 6.11. The number of ketones is 1. The Morgan fingerprint density at radius 2 is 1.86 bits per heavy atom. The summed E-state index contributed by atoms with van der Waals surface area (Å²) in [5.41, 5.74) is 3.79. The molecular weight excluding hydrogens is 470 g/mol. The van der Waals surface area contributed by atoms with E-state index < -0.39 is 57.8 Å². The third-order valence-electron chi connectivity index (χ3n) is 10.0. The summed E-state index contributed by atoms with van der Waals surface area (Å²) >= 11 is 0. The first-order chi connectivity index (χ1) is 17.3. The number of aryl methyl sites for hydroxylation is 1. The number of carbonyl (C=O) groups is 2. The fraction of sp³-hybridized carbons (Fsp3) is 0.600. The van der Waals surface area contributed by atoms with Gasteiger partial charge in [0.2, 0.25) is 0 Å². The lowest BCUT2D eigenvalue weighted by Gasteiger charge is -2.50. The summed E-state index contributed by atoms with van der Waals surface area (Å²) in [5.74, 6) is -2.83. The van der Waals surface area contributed by atoms with Crippen molar-refractivity contribution in [3.63, 3.8) is 0 Å². The van der Waals surface area contributed by atoms with E-state index in [9.17, 15) is 24.9 Å². The van der Waals surface area contributed by atoms with E-state index in [1.807, 2.05) is 57.2 Å². The average Bonchev–Trinajstić information content (AvgIpc) is 3.27. The minimum absolute atomic E-state index is 0.0311. The molecular formula is C30H39NO6. The smallest absolute Gasteiger partial charge is 0.323 e. The van der Waals surface area contributed by atoms with Crippen molar-refractivity contribution < 1.29 is 29.6 Å². The number of nitrogens with two attached hydrogens (primary N) is 1. The second-order valence-corrected chi connectivity index (χ2v) is 12.4. The van der Waals surface area contributed by atoms with Crippen LogP contribution in [0.4, 0.5) is 0 Å². The minimum Gasteiger partial charge on any atom is -0.457 e. The van der Waals surface area contributed by atoms with Crippen molar-refractivity contribution >= 4 is 11.8 Å². The zero-order valence-corrected chi connectivity index (χ0v) is 22.1. The predicted octanol–water partition coefficient (Wildman–Crippen LogP) is 2.47. The van der Waals surface area contributed by atoms with E-state index in [2.05, 4.69) is 0 Å². The third-order valence-corrected chi connectivity index (χ3v) is 10.0. The number of benzene rings is 1. The Morgan fingerprint density at radius 1 is 1.19 bits per heavy atom. The Balaban J connectivity index is 1.44. The summed E-state index contributed by atoms with van der Waals surface area (Å²) < 4.78 is 6.26. The molecule has 1 aromatic rings. The molecule has 0 aromatic heterocycles. The average molecular weight is 510 g/mol. The van der Waals surface area contributed by atoms with Gasteiger partial charge in [0.15, 0.2) is 5.78 Å². The molecule has 0 radical (unpaired) electrons. The number of fused-ring (bicyclic) bond motifs is 5. The van der Waals surface area contributed by atoms with Gasteiger partial charge < -0.3 is 25.8 Å². The molecule has 0 saturated heterocycles. The van der Waals surface area contributed by atoms with Crippen LogP contribution in [-0.2, 0) is 20.7 Å². The van der Waals surface area contributed by atoms with Gasteiger partial charge in [0.1, 0.15) is 17.2 Å². The predicted molar refractivity (Wildman–Crippen MR) is 138 cm³/mol. The molecule has 0 aliphatic heterocycles. The van der Waals surface area contributed by atoms with Crippen molar-refractivity contribution in [3.8, 4) is 0 Å². The second kappa shape index (κ2) is 8.60. The van der Waals surface area contributed by atoms with Gasteiger partial charge in [-0.15, -0.1) is 0 Å². The number of rotatable bonds is 6. The van der Waals surface area contributed by atoms with Gasteiger partial charge in [0, 0.05) is 29.6 Å². The highest BCUT2D eigenvalue weighted by atomic mass is 16.6. The van der Waals surface area contributed by atoms with Crippen LogP contribution in [0.2, 0.25) is 0 Å². The third kappa shape index (κ3) is 3.62. The number of aliphatic hydroxyl groups is 3. The van der Waals surface area contributed by atoms with Gasteiger partial charge in [-0.1, -0.05) is 63.3 Å². The monoisotopic (exact) mass is 509 g/mol. The lowest BCUT2D eigenvalue weighted by Crippen LogP contribution is -2.61. The molecule has 0 unspecified atom stereocenters. The highest BCUT2D eigenvalue weighted by Crippen LogP contribution is 2.76.